The highest BCUT2D eigenvalue weighted by atomic mass is 16.8. The summed E-state index contributed by atoms with van der Waals surface area (Å²) in [5, 5.41) is 101. The summed E-state index contributed by atoms with van der Waals surface area (Å²) in [5.41, 5.74) is -1.07. The molecule has 0 aliphatic carbocycles. The summed E-state index contributed by atoms with van der Waals surface area (Å²) in [4.78, 5) is 13.7. The van der Waals surface area contributed by atoms with Crippen LogP contribution in [0, 0.1) is 0 Å². The van der Waals surface area contributed by atoms with Gasteiger partial charge in [0.25, 0.3) is 0 Å². The molecule has 1 aromatic heterocycles. The SMILES string of the molecule is O=c1c(O[C@H]2O[C@H](CO)[C@H](O)[C@@H](O)[C@H]2O[C@H]2O[C@H](CO)[C@H](O)[C@@H](O)[C@H]2O)c(-c2ccc(O)cc2)oc2cc(O)cc(O)c12. The van der Waals surface area contributed by atoms with Crippen molar-refractivity contribution in [3.8, 4) is 34.3 Å². The van der Waals surface area contributed by atoms with E-state index in [1.165, 1.54) is 24.3 Å². The Bertz CT molecular complexity index is 1490. The predicted molar refractivity (Wildman–Crippen MR) is 140 cm³/mol. The molecule has 2 saturated heterocycles. The molecule has 0 saturated carbocycles. The average molecular weight is 611 g/mol. The second-order valence-electron chi connectivity index (χ2n) is 10.1. The van der Waals surface area contributed by atoms with Gasteiger partial charge in [-0.15, -0.1) is 0 Å². The molecular weight excluding hydrogens is 580 g/mol. The summed E-state index contributed by atoms with van der Waals surface area (Å²) >= 11 is 0. The van der Waals surface area contributed by atoms with E-state index < -0.39 is 103 Å². The van der Waals surface area contributed by atoms with Crippen LogP contribution in [-0.4, -0.2) is 126 Å². The van der Waals surface area contributed by atoms with E-state index in [1.807, 2.05) is 0 Å². The number of fused-ring (bicyclic) bond motifs is 1. The lowest BCUT2D eigenvalue weighted by Crippen LogP contribution is -2.65. The minimum Gasteiger partial charge on any atom is -0.508 e. The van der Waals surface area contributed by atoms with Crippen molar-refractivity contribution >= 4 is 11.0 Å². The number of hydrogen-bond donors (Lipinski definition) is 10. The van der Waals surface area contributed by atoms with Gasteiger partial charge in [0.05, 0.1) is 13.2 Å². The molecule has 0 spiro atoms. The van der Waals surface area contributed by atoms with E-state index in [9.17, 15) is 55.9 Å². The number of benzene rings is 2. The normalized spacial score (nSPS) is 33.0. The molecule has 0 unspecified atom stereocenters. The maximum absolute atomic E-state index is 13.7. The lowest BCUT2D eigenvalue weighted by molar-refractivity contribution is -0.358. The lowest BCUT2D eigenvalue weighted by atomic mass is 9.97. The number of aliphatic hydroxyl groups is 7. The zero-order valence-corrected chi connectivity index (χ0v) is 22.1. The van der Waals surface area contributed by atoms with Gasteiger partial charge in [-0.25, -0.2) is 0 Å². The third kappa shape index (κ3) is 5.73. The van der Waals surface area contributed by atoms with Crippen LogP contribution in [0.15, 0.2) is 45.6 Å². The predicted octanol–water partition coefficient (Wildman–Crippen LogP) is -2.42. The summed E-state index contributed by atoms with van der Waals surface area (Å²) in [6.45, 7) is -1.63. The number of rotatable bonds is 7. The summed E-state index contributed by atoms with van der Waals surface area (Å²) in [7, 11) is 0. The Morgan fingerprint density at radius 3 is 1.95 bits per heavy atom. The molecule has 2 aliphatic rings. The van der Waals surface area contributed by atoms with Crippen LogP contribution in [0.5, 0.6) is 23.0 Å². The zero-order chi connectivity index (χ0) is 31.2. The van der Waals surface area contributed by atoms with Crippen molar-refractivity contribution in [2.45, 2.75) is 61.4 Å². The van der Waals surface area contributed by atoms with Crippen molar-refractivity contribution in [2.24, 2.45) is 0 Å². The van der Waals surface area contributed by atoms with Gasteiger partial charge in [0.2, 0.25) is 17.5 Å². The van der Waals surface area contributed by atoms with E-state index in [0.717, 1.165) is 12.1 Å². The number of ether oxygens (including phenoxy) is 4. The largest absolute Gasteiger partial charge is 0.508 e. The second kappa shape index (κ2) is 12.2. The Labute approximate surface area is 241 Å². The summed E-state index contributed by atoms with van der Waals surface area (Å²) in [6.07, 6.45) is -17.7. The smallest absolute Gasteiger partial charge is 0.239 e. The van der Waals surface area contributed by atoms with Crippen molar-refractivity contribution in [2.75, 3.05) is 13.2 Å². The molecule has 0 bridgehead atoms. The number of hydrogen-bond acceptors (Lipinski definition) is 16. The van der Waals surface area contributed by atoms with Gasteiger partial charge in [-0.05, 0) is 24.3 Å². The molecule has 3 heterocycles. The van der Waals surface area contributed by atoms with Crippen LogP contribution in [0.2, 0.25) is 0 Å². The van der Waals surface area contributed by atoms with Crippen molar-refractivity contribution in [3.63, 3.8) is 0 Å². The van der Waals surface area contributed by atoms with Crippen molar-refractivity contribution < 1.29 is 74.4 Å². The van der Waals surface area contributed by atoms with E-state index in [0.29, 0.717) is 0 Å². The standard InChI is InChI=1S/C27H30O16/c28-7-14-17(33)20(36)22(38)26(40-14)43-25-21(37)18(34)15(8-29)41-27(25)42-24-19(35)16-12(32)5-11(31)6-13(16)39-23(24)9-1-3-10(30)4-2-9/h1-6,14-15,17-18,20-22,25-34,36-38H,7-8H2/t14-,15-,17+,18+,20-,21-,22-,25-,26-,27-/m1/s1. The fourth-order valence-electron chi connectivity index (χ4n) is 4.92. The van der Waals surface area contributed by atoms with Crippen LogP contribution in [-0.2, 0) is 14.2 Å². The molecule has 0 radical (unpaired) electrons. The minimum atomic E-state index is -1.93. The van der Waals surface area contributed by atoms with Gasteiger partial charge >= 0.3 is 0 Å². The van der Waals surface area contributed by atoms with Crippen LogP contribution in [0.1, 0.15) is 0 Å². The molecule has 3 aromatic rings. The van der Waals surface area contributed by atoms with E-state index in [1.54, 1.807) is 0 Å². The van der Waals surface area contributed by atoms with Crippen LogP contribution in [0.4, 0.5) is 0 Å². The average Bonchev–Trinajstić information content (AvgIpc) is 2.97. The van der Waals surface area contributed by atoms with E-state index >= 15 is 0 Å². The Morgan fingerprint density at radius 2 is 1.33 bits per heavy atom. The van der Waals surface area contributed by atoms with Crippen molar-refractivity contribution in [1.82, 2.24) is 0 Å². The summed E-state index contributed by atoms with van der Waals surface area (Å²) in [5.74, 6) is -2.15. The minimum absolute atomic E-state index is 0.129. The highest BCUT2D eigenvalue weighted by Crippen LogP contribution is 2.38. The van der Waals surface area contributed by atoms with Gasteiger partial charge < -0.3 is 74.4 Å². The number of phenols is 3. The highest BCUT2D eigenvalue weighted by Gasteiger charge is 2.51. The number of aromatic hydroxyl groups is 3. The first-order chi connectivity index (χ1) is 20.4. The topological polar surface area (TPSA) is 269 Å². The van der Waals surface area contributed by atoms with Gasteiger partial charge in [-0.3, -0.25) is 4.79 Å². The maximum atomic E-state index is 13.7. The molecule has 16 nitrogen and oxygen atoms in total. The maximum Gasteiger partial charge on any atom is 0.239 e. The van der Waals surface area contributed by atoms with Gasteiger partial charge in [0, 0.05) is 17.7 Å². The van der Waals surface area contributed by atoms with E-state index in [2.05, 4.69) is 0 Å². The fraction of sp³-hybridized carbons (Fsp3) is 0.444. The first-order valence-corrected chi connectivity index (χ1v) is 13.0. The summed E-state index contributed by atoms with van der Waals surface area (Å²) in [6, 6.07) is 7.20. The molecule has 234 valence electrons. The first-order valence-electron chi connectivity index (χ1n) is 13.0. The quantitative estimate of drug-likeness (QED) is 0.133. The first kappa shape index (κ1) is 30.9. The van der Waals surface area contributed by atoms with Gasteiger partial charge in [-0.2, -0.15) is 0 Å². The van der Waals surface area contributed by atoms with Gasteiger partial charge in [0.1, 0.15) is 70.9 Å². The van der Waals surface area contributed by atoms with Crippen LogP contribution >= 0.6 is 0 Å². The molecular formula is C27H30O16. The Balaban J connectivity index is 1.60. The Morgan fingerprint density at radius 1 is 0.721 bits per heavy atom. The zero-order valence-electron chi connectivity index (χ0n) is 22.1. The highest BCUT2D eigenvalue weighted by molar-refractivity contribution is 5.88. The van der Waals surface area contributed by atoms with Gasteiger partial charge in [0.15, 0.2) is 18.2 Å². The molecule has 2 fully saturated rings. The molecule has 10 atom stereocenters. The molecule has 0 amide bonds. The molecule has 43 heavy (non-hydrogen) atoms. The van der Waals surface area contributed by atoms with E-state index in [-0.39, 0.29) is 22.7 Å². The molecule has 2 aromatic carbocycles. The second-order valence-corrected chi connectivity index (χ2v) is 10.1. The third-order valence-electron chi connectivity index (χ3n) is 7.25. The monoisotopic (exact) mass is 610 g/mol. The molecule has 5 rings (SSSR count). The van der Waals surface area contributed by atoms with Gasteiger partial charge in [-0.1, -0.05) is 0 Å². The molecule has 2 aliphatic heterocycles. The number of phenolic OH excluding ortho intramolecular Hbond substituents is 3. The fourth-order valence-corrected chi connectivity index (χ4v) is 4.92. The number of aliphatic hydroxyl groups excluding tert-OH is 7. The van der Waals surface area contributed by atoms with E-state index in [4.69, 9.17) is 23.4 Å². The third-order valence-corrected chi connectivity index (χ3v) is 7.25. The Kier molecular flexibility index (Phi) is 8.77. The van der Waals surface area contributed by atoms with Crippen LogP contribution in [0.25, 0.3) is 22.3 Å². The lowest BCUT2D eigenvalue weighted by Gasteiger charge is -2.45. The Hall–Kier alpha value is -3.55. The van der Waals surface area contributed by atoms with Crippen LogP contribution in [0.3, 0.4) is 0 Å². The summed E-state index contributed by atoms with van der Waals surface area (Å²) < 4.78 is 28.3. The van der Waals surface area contributed by atoms with Crippen LogP contribution < -0.4 is 10.2 Å². The molecule has 16 heteroatoms. The van der Waals surface area contributed by atoms with Crippen molar-refractivity contribution in [3.05, 3.63) is 46.6 Å². The van der Waals surface area contributed by atoms with Crippen molar-refractivity contribution in [1.29, 1.82) is 0 Å². The molecule has 10 N–H and O–H groups in total.